The molecule has 0 saturated heterocycles. The van der Waals surface area contributed by atoms with Gasteiger partial charge in [-0.3, -0.25) is 0 Å². The fourth-order valence-electron chi connectivity index (χ4n) is 13.2. The maximum Gasteiger partial charge on any atom is 0.164 e. The highest BCUT2D eigenvalue weighted by atomic mass is 32.1. The van der Waals surface area contributed by atoms with E-state index in [4.69, 9.17) is 29.9 Å². The normalized spacial score (nSPS) is 11.6. The van der Waals surface area contributed by atoms with E-state index in [0.717, 1.165) is 44.8 Å². The van der Waals surface area contributed by atoms with Crippen LogP contribution in [0.2, 0.25) is 0 Å². The molecule has 0 N–H and O–H groups in total. The zero-order valence-corrected chi connectivity index (χ0v) is 52.0. The summed E-state index contributed by atoms with van der Waals surface area (Å²) in [4.78, 5) is 29.5. The van der Waals surface area contributed by atoms with Crippen molar-refractivity contribution in [3.63, 3.8) is 0 Å². The third-order valence-electron chi connectivity index (χ3n) is 17.7. The highest BCUT2D eigenvalue weighted by molar-refractivity contribution is 7.26. The number of para-hydroxylation sites is 1. The molecule has 0 aliphatic carbocycles. The van der Waals surface area contributed by atoms with Gasteiger partial charge in [0.15, 0.2) is 34.9 Å². The Balaban J connectivity index is 0.000000139. The standard InChI is InChI=1S/C45H28N4S.C39H24N4S/c1-4-12-29(13-5-1)33-22-25-39-36(26-33)37-27-38-35-18-10-11-19-41(35)50-42(38)28-40(37)49(39)34-23-20-32(21-24-34)45-47-43(30-14-6-2-7-15-30)46-44(48-45)31-16-8-3-9-17-31;1-3-11-25(12-4-1)37-40-38(26-13-5-2-6-14-26)42-39(41-37)27-19-21-28(22-20-27)43-33-17-9-7-15-29(33)31-23-32-30-16-8-10-18-35(30)44-36(32)24-34(31)43/h1-28H;1-24H. The first-order chi connectivity index (χ1) is 46.6. The highest BCUT2D eigenvalue weighted by Crippen LogP contribution is 2.44. The van der Waals surface area contributed by atoms with Gasteiger partial charge in [-0.25, -0.2) is 29.9 Å². The van der Waals surface area contributed by atoms with Crippen molar-refractivity contribution in [2.24, 2.45) is 0 Å². The van der Waals surface area contributed by atoms with E-state index in [-0.39, 0.29) is 0 Å². The SMILES string of the molecule is c1ccc(-c2ccc3c(c2)c2cc4c(cc2n3-c2ccc(-c3nc(-c5ccccc5)nc(-c5ccccc5)n3)cc2)sc2ccccc24)cc1.c1ccc(-c2nc(-c3ccccc3)nc(-c3ccc(-n4c5ccccc5c5cc6c(cc54)sc4ccccc46)cc3)n2)cc1. The quantitative estimate of drug-likeness (QED) is 0.143. The zero-order chi connectivity index (χ0) is 62.1. The van der Waals surface area contributed by atoms with Gasteiger partial charge in [0.2, 0.25) is 0 Å². The molecule has 8 nitrogen and oxygen atoms in total. The van der Waals surface area contributed by atoms with Crippen LogP contribution in [-0.2, 0) is 0 Å². The minimum atomic E-state index is 0.644. The van der Waals surface area contributed by atoms with Crippen LogP contribution >= 0.6 is 22.7 Å². The lowest BCUT2D eigenvalue weighted by Crippen LogP contribution is -2.00. The Morgan fingerprint density at radius 3 is 0.883 bits per heavy atom. The Labute approximate surface area is 548 Å². The third-order valence-corrected chi connectivity index (χ3v) is 20.0. The molecule has 19 aromatic rings. The second-order valence-electron chi connectivity index (χ2n) is 23.4. The average molecular weight is 1240 g/mol. The number of benzene rings is 13. The molecule has 0 radical (unpaired) electrons. The highest BCUT2D eigenvalue weighted by Gasteiger charge is 2.21. The molecule has 10 heteroatoms. The van der Waals surface area contributed by atoms with Crippen molar-refractivity contribution in [1.82, 2.24) is 39.0 Å². The van der Waals surface area contributed by atoms with Gasteiger partial charge in [-0.1, -0.05) is 212 Å². The van der Waals surface area contributed by atoms with Gasteiger partial charge >= 0.3 is 0 Å². The van der Waals surface area contributed by atoms with Crippen LogP contribution in [0.3, 0.4) is 0 Å². The van der Waals surface area contributed by atoms with Crippen LogP contribution in [0.15, 0.2) is 315 Å². The smallest absolute Gasteiger partial charge is 0.164 e. The summed E-state index contributed by atoms with van der Waals surface area (Å²) in [7, 11) is 0. The molecule has 0 unspecified atom stereocenters. The van der Waals surface area contributed by atoms with E-state index in [9.17, 15) is 0 Å². The molecule has 0 bridgehead atoms. The Morgan fingerprint density at radius 1 is 0.181 bits per heavy atom. The van der Waals surface area contributed by atoms with Crippen LogP contribution in [0, 0.1) is 0 Å². The monoisotopic (exact) mass is 1240 g/mol. The first-order valence-electron chi connectivity index (χ1n) is 31.3. The molecule has 13 aromatic carbocycles. The van der Waals surface area contributed by atoms with Crippen LogP contribution in [0.4, 0.5) is 0 Å². The maximum absolute atomic E-state index is 4.96. The van der Waals surface area contributed by atoms with Crippen LogP contribution in [0.1, 0.15) is 0 Å². The van der Waals surface area contributed by atoms with Gasteiger partial charge in [-0.05, 0) is 114 Å². The van der Waals surface area contributed by atoms with Crippen molar-refractivity contribution in [3.8, 4) is 90.8 Å². The number of hydrogen-bond donors (Lipinski definition) is 0. The van der Waals surface area contributed by atoms with Gasteiger partial charge in [0.25, 0.3) is 0 Å². The largest absolute Gasteiger partial charge is 0.309 e. The van der Waals surface area contributed by atoms with Crippen LogP contribution in [-0.4, -0.2) is 39.0 Å². The number of thiophene rings is 2. The summed E-state index contributed by atoms with van der Waals surface area (Å²) in [5, 5.41) is 10.2. The maximum atomic E-state index is 4.96. The molecule has 440 valence electrons. The first kappa shape index (κ1) is 54.8. The molecule has 0 amide bonds. The second kappa shape index (κ2) is 23.0. The molecule has 0 fully saturated rings. The van der Waals surface area contributed by atoms with Crippen molar-refractivity contribution in [1.29, 1.82) is 0 Å². The third kappa shape index (κ3) is 9.75. The molecule has 94 heavy (non-hydrogen) atoms. The van der Waals surface area contributed by atoms with Gasteiger partial charge in [0.05, 0.1) is 22.1 Å². The number of aromatic nitrogens is 8. The van der Waals surface area contributed by atoms with E-state index in [2.05, 4.69) is 203 Å². The van der Waals surface area contributed by atoms with E-state index in [1.54, 1.807) is 0 Å². The predicted octanol–water partition coefficient (Wildman–Crippen LogP) is 22.3. The molecule has 0 atom stereocenters. The zero-order valence-electron chi connectivity index (χ0n) is 50.4. The van der Waals surface area contributed by atoms with Crippen LogP contribution < -0.4 is 0 Å². The molecule has 0 saturated carbocycles. The van der Waals surface area contributed by atoms with Crippen molar-refractivity contribution in [3.05, 3.63) is 315 Å². The average Bonchev–Trinajstić information content (AvgIpc) is 1.58. The Hall–Kier alpha value is -12.1. The topological polar surface area (TPSA) is 87.2 Å². The van der Waals surface area contributed by atoms with Crippen LogP contribution in [0.5, 0.6) is 0 Å². The number of hydrogen-bond acceptors (Lipinski definition) is 8. The van der Waals surface area contributed by atoms with Crippen LogP contribution in [0.25, 0.3) is 175 Å². The fraction of sp³-hybridized carbons (Fsp3) is 0. The second-order valence-corrected chi connectivity index (χ2v) is 25.6. The molecule has 6 aromatic heterocycles. The van der Waals surface area contributed by atoms with Gasteiger partial charge < -0.3 is 9.13 Å². The first-order valence-corrected chi connectivity index (χ1v) is 33.0. The summed E-state index contributed by atoms with van der Waals surface area (Å²) in [6.45, 7) is 0. The van der Waals surface area contributed by atoms with Crippen molar-refractivity contribution >= 4 is 107 Å². The number of nitrogens with zero attached hydrogens (tertiary/aromatic N) is 8. The molecule has 0 aliphatic rings. The molecule has 19 rings (SSSR count). The summed E-state index contributed by atoms with van der Waals surface area (Å²) < 4.78 is 9.97. The van der Waals surface area contributed by atoms with E-state index < -0.39 is 0 Å². The summed E-state index contributed by atoms with van der Waals surface area (Å²) in [5.74, 6) is 3.93. The Bertz CT molecular complexity index is 5950. The summed E-state index contributed by atoms with van der Waals surface area (Å²) in [5.41, 5.74) is 15.1. The van der Waals surface area contributed by atoms with Crippen molar-refractivity contribution in [2.45, 2.75) is 0 Å². The lowest BCUT2D eigenvalue weighted by molar-refractivity contribution is 1.07. The summed E-state index contributed by atoms with van der Waals surface area (Å²) in [6.07, 6.45) is 0. The molecule has 6 heterocycles. The fourth-order valence-corrected chi connectivity index (χ4v) is 15.4. The summed E-state index contributed by atoms with van der Waals surface area (Å²) in [6, 6.07) is 111. The molecule has 0 aliphatic heterocycles. The molecule has 0 spiro atoms. The molecular weight excluding hydrogens is 1190 g/mol. The van der Waals surface area contributed by atoms with Gasteiger partial charge in [-0.2, -0.15) is 0 Å². The lowest BCUT2D eigenvalue weighted by atomic mass is 10.0. The van der Waals surface area contributed by atoms with Crippen molar-refractivity contribution in [2.75, 3.05) is 0 Å². The van der Waals surface area contributed by atoms with Crippen molar-refractivity contribution < 1.29 is 0 Å². The van der Waals surface area contributed by atoms with Gasteiger partial charge in [0.1, 0.15) is 0 Å². The van der Waals surface area contributed by atoms with E-state index in [0.29, 0.717) is 34.9 Å². The van der Waals surface area contributed by atoms with Gasteiger partial charge in [0, 0.05) is 107 Å². The number of rotatable bonds is 9. The van der Waals surface area contributed by atoms with E-state index in [1.165, 1.54) is 95.1 Å². The van der Waals surface area contributed by atoms with E-state index in [1.807, 2.05) is 144 Å². The van der Waals surface area contributed by atoms with E-state index >= 15 is 0 Å². The minimum Gasteiger partial charge on any atom is -0.309 e. The minimum absolute atomic E-state index is 0.644. The Kier molecular flexibility index (Phi) is 13.4. The lowest BCUT2D eigenvalue weighted by Gasteiger charge is -2.11. The Morgan fingerprint density at radius 2 is 0.479 bits per heavy atom. The van der Waals surface area contributed by atoms with Gasteiger partial charge in [-0.15, -0.1) is 22.7 Å². The summed E-state index contributed by atoms with van der Waals surface area (Å²) >= 11 is 3.71. The predicted molar refractivity (Wildman–Crippen MR) is 392 cm³/mol. The molecular formula is C84H52N8S2. The number of fused-ring (bicyclic) bond motifs is 12.